The van der Waals surface area contributed by atoms with Crippen LogP contribution in [0.4, 0.5) is 0 Å². The quantitative estimate of drug-likeness (QED) is 0.870. The summed E-state index contributed by atoms with van der Waals surface area (Å²) in [7, 11) is 1.68. The molecule has 2 rings (SSSR count). The van der Waals surface area contributed by atoms with Gasteiger partial charge in [0.15, 0.2) is 11.5 Å². The Kier molecular flexibility index (Phi) is 4.26. The molecule has 1 saturated heterocycles. The zero-order valence-corrected chi connectivity index (χ0v) is 10.7. The third-order valence-electron chi connectivity index (χ3n) is 3.20. The van der Waals surface area contributed by atoms with Gasteiger partial charge in [0, 0.05) is 6.04 Å². The Hall–Kier alpha value is -1.22. The lowest BCUT2D eigenvalue weighted by molar-refractivity contribution is 0.309. The molecule has 1 heterocycles. The van der Waals surface area contributed by atoms with Crippen LogP contribution in [0.15, 0.2) is 18.2 Å². The molecule has 0 amide bonds. The summed E-state index contributed by atoms with van der Waals surface area (Å²) in [4.78, 5) is 0. The number of hydrogen-bond donors (Lipinski definition) is 1. The number of rotatable bonds is 4. The highest BCUT2D eigenvalue weighted by molar-refractivity contribution is 5.43. The minimum absolute atomic E-state index is 0.467. The van der Waals surface area contributed by atoms with Gasteiger partial charge in [-0.2, -0.15) is 0 Å². The molecule has 17 heavy (non-hydrogen) atoms. The van der Waals surface area contributed by atoms with Gasteiger partial charge in [0.05, 0.1) is 13.7 Å². The van der Waals surface area contributed by atoms with Gasteiger partial charge in [-0.3, -0.25) is 0 Å². The molecule has 0 aromatic heterocycles. The maximum atomic E-state index is 5.61. The van der Waals surface area contributed by atoms with Crippen LogP contribution in [0.2, 0.25) is 0 Å². The average Bonchev–Trinajstić information content (AvgIpc) is 2.40. The van der Waals surface area contributed by atoms with E-state index < -0.39 is 0 Å². The number of ether oxygens (including phenoxy) is 2. The van der Waals surface area contributed by atoms with Crippen molar-refractivity contribution in [3.8, 4) is 11.5 Å². The molecule has 0 radical (unpaired) electrons. The molecular weight excluding hydrogens is 214 g/mol. The standard InChI is InChI=1S/C14H21NO2/c1-3-17-14-10-11(7-8-13(14)16-2)12-6-4-5-9-15-12/h7-8,10,12,15H,3-6,9H2,1-2H3/t12-/m0/s1. The van der Waals surface area contributed by atoms with Gasteiger partial charge < -0.3 is 14.8 Å². The van der Waals surface area contributed by atoms with Crippen molar-refractivity contribution in [2.24, 2.45) is 0 Å². The van der Waals surface area contributed by atoms with E-state index in [9.17, 15) is 0 Å². The summed E-state index contributed by atoms with van der Waals surface area (Å²) >= 11 is 0. The largest absolute Gasteiger partial charge is 0.493 e. The molecule has 0 aliphatic carbocycles. The molecular formula is C14H21NO2. The topological polar surface area (TPSA) is 30.5 Å². The Bertz CT molecular complexity index is 359. The number of nitrogens with one attached hydrogen (secondary N) is 1. The van der Waals surface area contributed by atoms with Crippen LogP contribution >= 0.6 is 0 Å². The summed E-state index contributed by atoms with van der Waals surface area (Å²) in [6.07, 6.45) is 3.79. The van der Waals surface area contributed by atoms with E-state index in [2.05, 4.69) is 17.4 Å². The highest BCUT2D eigenvalue weighted by Crippen LogP contribution is 2.32. The predicted molar refractivity (Wildman–Crippen MR) is 68.8 cm³/mol. The number of methoxy groups -OCH3 is 1. The Morgan fingerprint density at radius 1 is 1.29 bits per heavy atom. The van der Waals surface area contributed by atoms with Gasteiger partial charge in [-0.05, 0) is 44.0 Å². The lowest BCUT2D eigenvalue weighted by Crippen LogP contribution is -2.26. The van der Waals surface area contributed by atoms with E-state index in [1.807, 2.05) is 13.0 Å². The van der Waals surface area contributed by atoms with Crippen molar-refractivity contribution in [1.82, 2.24) is 5.32 Å². The van der Waals surface area contributed by atoms with E-state index in [0.29, 0.717) is 12.6 Å². The SMILES string of the molecule is CCOc1cc([C@@H]2CCCCN2)ccc1OC. The Labute approximate surface area is 103 Å². The third-order valence-corrected chi connectivity index (χ3v) is 3.20. The zero-order chi connectivity index (χ0) is 12.1. The van der Waals surface area contributed by atoms with E-state index >= 15 is 0 Å². The van der Waals surface area contributed by atoms with Crippen molar-refractivity contribution in [2.45, 2.75) is 32.2 Å². The van der Waals surface area contributed by atoms with Crippen molar-refractivity contribution in [3.63, 3.8) is 0 Å². The molecule has 1 aromatic rings. The van der Waals surface area contributed by atoms with Crippen molar-refractivity contribution in [3.05, 3.63) is 23.8 Å². The molecule has 1 aromatic carbocycles. The van der Waals surface area contributed by atoms with Crippen LogP contribution in [-0.4, -0.2) is 20.3 Å². The van der Waals surface area contributed by atoms with Gasteiger partial charge >= 0.3 is 0 Å². The zero-order valence-electron chi connectivity index (χ0n) is 10.7. The maximum Gasteiger partial charge on any atom is 0.161 e. The molecule has 1 aliphatic rings. The molecule has 0 spiro atoms. The van der Waals surface area contributed by atoms with Crippen LogP contribution in [0.5, 0.6) is 11.5 Å². The fraction of sp³-hybridized carbons (Fsp3) is 0.571. The summed E-state index contributed by atoms with van der Waals surface area (Å²) in [6, 6.07) is 6.69. The molecule has 1 aliphatic heterocycles. The molecule has 1 atom stereocenters. The lowest BCUT2D eigenvalue weighted by atomic mass is 9.97. The molecule has 3 nitrogen and oxygen atoms in total. The van der Waals surface area contributed by atoms with Crippen LogP contribution in [-0.2, 0) is 0 Å². The maximum absolute atomic E-state index is 5.61. The summed E-state index contributed by atoms with van der Waals surface area (Å²) < 4.78 is 10.9. The van der Waals surface area contributed by atoms with Gasteiger partial charge in [-0.25, -0.2) is 0 Å². The Morgan fingerprint density at radius 3 is 2.82 bits per heavy atom. The van der Waals surface area contributed by atoms with E-state index in [1.165, 1.54) is 24.8 Å². The minimum atomic E-state index is 0.467. The van der Waals surface area contributed by atoms with Crippen molar-refractivity contribution in [1.29, 1.82) is 0 Å². The highest BCUT2D eigenvalue weighted by atomic mass is 16.5. The molecule has 94 valence electrons. The Balaban J connectivity index is 2.19. The first kappa shape index (κ1) is 12.2. The van der Waals surface area contributed by atoms with Gasteiger partial charge in [-0.15, -0.1) is 0 Å². The van der Waals surface area contributed by atoms with Crippen molar-refractivity contribution < 1.29 is 9.47 Å². The van der Waals surface area contributed by atoms with Crippen LogP contribution in [0, 0.1) is 0 Å². The monoisotopic (exact) mass is 235 g/mol. The van der Waals surface area contributed by atoms with Crippen LogP contribution < -0.4 is 14.8 Å². The molecule has 1 N–H and O–H groups in total. The average molecular weight is 235 g/mol. The van der Waals surface area contributed by atoms with E-state index in [1.54, 1.807) is 7.11 Å². The summed E-state index contributed by atoms with van der Waals surface area (Å²) in [5.74, 6) is 1.66. The highest BCUT2D eigenvalue weighted by Gasteiger charge is 2.16. The minimum Gasteiger partial charge on any atom is -0.493 e. The summed E-state index contributed by atoms with van der Waals surface area (Å²) in [6.45, 7) is 3.77. The van der Waals surface area contributed by atoms with Crippen molar-refractivity contribution in [2.75, 3.05) is 20.3 Å². The second-order valence-electron chi connectivity index (χ2n) is 4.35. The van der Waals surface area contributed by atoms with Gasteiger partial charge in [0.1, 0.15) is 0 Å². The molecule has 0 bridgehead atoms. The van der Waals surface area contributed by atoms with Gasteiger partial charge in [0.2, 0.25) is 0 Å². The Morgan fingerprint density at radius 2 is 2.18 bits per heavy atom. The van der Waals surface area contributed by atoms with Crippen LogP contribution in [0.25, 0.3) is 0 Å². The van der Waals surface area contributed by atoms with E-state index in [4.69, 9.17) is 9.47 Å². The van der Waals surface area contributed by atoms with Gasteiger partial charge in [-0.1, -0.05) is 12.5 Å². The first-order valence-corrected chi connectivity index (χ1v) is 6.39. The van der Waals surface area contributed by atoms with E-state index in [-0.39, 0.29) is 0 Å². The summed E-state index contributed by atoms with van der Waals surface area (Å²) in [5.41, 5.74) is 1.30. The smallest absolute Gasteiger partial charge is 0.161 e. The first-order chi connectivity index (χ1) is 8.35. The molecule has 3 heteroatoms. The molecule has 1 fully saturated rings. The fourth-order valence-electron chi connectivity index (χ4n) is 2.31. The number of piperidine rings is 1. The van der Waals surface area contributed by atoms with Crippen molar-refractivity contribution >= 4 is 0 Å². The van der Waals surface area contributed by atoms with Crippen LogP contribution in [0.1, 0.15) is 37.8 Å². The second-order valence-corrected chi connectivity index (χ2v) is 4.35. The molecule has 0 unspecified atom stereocenters. The summed E-state index contributed by atoms with van der Waals surface area (Å²) in [5, 5.41) is 3.55. The number of benzene rings is 1. The van der Waals surface area contributed by atoms with Gasteiger partial charge in [0.25, 0.3) is 0 Å². The first-order valence-electron chi connectivity index (χ1n) is 6.39. The van der Waals surface area contributed by atoms with Crippen LogP contribution in [0.3, 0.4) is 0 Å². The second kappa shape index (κ2) is 5.92. The lowest BCUT2D eigenvalue weighted by Gasteiger charge is -2.24. The predicted octanol–water partition coefficient (Wildman–Crippen LogP) is 2.91. The fourth-order valence-corrected chi connectivity index (χ4v) is 2.31. The number of hydrogen-bond acceptors (Lipinski definition) is 3. The van der Waals surface area contributed by atoms with E-state index in [0.717, 1.165) is 18.0 Å². The third kappa shape index (κ3) is 2.91. The normalized spacial score (nSPS) is 20.0. The molecule has 0 saturated carbocycles.